The number of pyridine rings is 1. The number of anilines is 2. The molecule has 2 rings (SSSR count). The molecule has 0 aliphatic heterocycles. The van der Waals surface area contributed by atoms with Crippen molar-refractivity contribution in [2.45, 2.75) is 13.3 Å². The highest BCUT2D eigenvalue weighted by Gasteiger charge is 2.01. The van der Waals surface area contributed by atoms with Crippen molar-refractivity contribution in [2.24, 2.45) is 0 Å². The van der Waals surface area contributed by atoms with Crippen LogP contribution in [0.4, 0.5) is 11.5 Å². The van der Waals surface area contributed by atoms with Crippen LogP contribution in [-0.4, -0.2) is 21.7 Å². The van der Waals surface area contributed by atoms with E-state index in [1.54, 1.807) is 19.2 Å². The summed E-state index contributed by atoms with van der Waals surface area (Å²) in [6.07, 6.45) is 2.34. The van der Waals surface area contributed by atoms with Crippen LogP contribution in [0.15, 0.2) is 22.9 Å². The van der Waals surface area contributed by atoms with Gasteiger partial charge in [0.2, 0.25) is 5.89 Å². The molecule has 0 saturated carbocycles. The number of rotatable bonds is 4. The number of nitrogens with zero attached hydrogens (tertiary/aromatic N) is 3. The lowest BCUT2D eigenvalue weighted by Gasteiger charge is -2.04. The van der Waals surface area contributed by atoms with Crippen molar-refractivity contribution in [1.82, 2.24) is 15.1 Å². The molecule has 16 heavy (non-hydrogen) atoms. The molecule has 0 unspecified atom stereocenters. The summed E-state index contributed by atoms with van der Waals surface area (Å²) in [6, 6.07) is 3.63. The van der Waals surface area contributed by atoms with E-state index in [2.05, 4.69) is 20.4 Å². The summed E-state index contributed by atoms with van der Waals surface area (Å²) < 4.78 is 4.99. The van der Waals surface area contributed by atoms with Gasteiger partial charge in [-0.15, -0.1) is 0 Å². The molecule has 2 heterocycles. The van der Waals surface area contributed by atoms with Crippen LogP contribution in [0.25, 0.3) is 0 Å². The zero-order chi connectivity index (χ0) is 11.4. The van der Waals surface area contributed by atoms with Gasteiger partial charge in [0.25, 0.3) is 0 Å². The summed E-state index contributed by atoms with van der Waals surface area (Å²) in [5, 5.41) is 6.91. The van der Waals surface area contributed by atoms with E-state index in [4.69, 9.17) is 10.3 Å². The van der Waals surface area contributed by atoms with Crippen LogP contribution in [0.2, 0.25) is 0 Å². The number of hydrogen-bond donors (Lipinski definition) is 2. The summed E-state index contributed by atoms with van der Waals surface area (Å²) in [6.45, 7) is 2.51. The van der Waals surface area contributed by atoms with Gasteiger partial charge in [0.05, 0.1) is 0 Å². The van der Waals surface area contributed by atoms with Gasteiger partial charge in [-0.05, 0) is 13.0 Å². The van der Waals surface area contributed by atoms with Gasteiger partial charge in [0.1, 0.15) is 5.82 Å². The molecule has 0 atom stereocenters. The fourth-order valence-corrected chi connectivity index (χ4v) is 1.31. The van der Waals surface area contributed by atoms with Crippen molar-refractivity contribution < 1.29 is 4.52 Å². The molecule has 84 valence electrons. The van der Waals surface area contributed by atoms with Crippen LogP contribution in [0.3, 0.4) is 0 Å². The van der Waals surface area contributed by atoms with Gasteiger partial charge in [-0.1, -0.05) is 5.16 Å². The largest absolute Gasteiger partial charge is 0.384 e. The topological polar surface area (TPSA) is 89.9 Å². The summed E-state index contributed by atoms with van der Waals surface area (Å²) in [5.74, 6) is 1.79. The Balaban J connectivity index is 1.84. The highest BCUT2D eigenvalue weighted by atomic mass is 16.5. The molecule has 0 fully saturated rings. The number of nitrogens with one attached hydrogen (secondary N) is 1. The van der Waals surface area contributed by atoms with Crippen molar-refractivity contribution in [3.8, 4) is 0 Å². The second-order valence-corrected chi connectivity index (χ2v) is 3.38. The van der Waals surface area contributed by atoms with Gasteiger partial charge in [-0.25, -0.2) is 4.98 Å². The molecule has 3 N–H and O–H groups in total. The number of hydrogen-bond acceptors (Lipinski definition) is 6. The van der Waals surface area contributed by atoms with Gasteiger partial charge in [-0.3, -0.25) is 0 Å². The Morgan fingerprint density at radius 2 is 2.38 bits per heavy atom. The van der Waals surface area contributed by atoms with E-state index in [0.717, 1.165) is 5.69 Å². The van der Waals surface area contributed by atoms with Crippen molar-refractivity contribution in [3.05, 3.63) is 30.0 Å². The molecule has 6 heteroatoms. The highest BCUT2D eigenvalue weighted by Crippen LogP contribution is 2.08. The zero-order valence-electron chi connectivity index (χ0n) is 8.97. The predicted molar refractivity (Wildman–Crippen MR) is 59.9 cm³/mol. The minimum atomic E-state index is 0.499. The molecular weight excluding hydrogens is 206 g/mol. The first-order valence-corrected chi connectivity index (χ1v) is 4.98. The Bertz CT molecular complexity index is 468. The molecular formula is C10H13N5O. The van der Waals surface area contributed by atoms with Crippen LogP contribution in [0.1, 0.15) is 11.7 Å². The SMILES string of the molecule is Cc1noc(CCNc2ccnc(N)c2)n1. The third kappa shape index (κ3) is 2.69. The minimum absolute atomic E-state index is 0.499. The van der Waals surface area contributed by atoms with Crippen molar-refractivity contribution >= 4 is 11.5 Å². The lowest BCUT2D eigenvalue weighted by Crippen LogP contribution is -2.05. The lowest BCUT2D eigenvalue weighted by atomic mass is 10.3. The van der Waals surface area contributed by atoms with E-state index >= 15 is 0 Å². The molecule has 0 bridgehead atoms. The summed E-state index contributed by atoms with van der Waals surface area (Å²) in [5.41, 5.74) is 6.49. The molecule has 0 saturated heterocycles. The van der Waals surface area contributed by atoms with E-state index in [1.807, 2.05) is 6.07 Å². The first kappa shape index (κ1) is 10.4. The second kappa shape index (κ2) is 4.61. The maximum absolute atomic E-state index is 5.55. The monoisotopic (exact) mass is 219 g/mol. The Hall–Kier alpha value is -2.11. The highest BCUT2D eigenvalue weighted by molar-refractivity contribution is 5.49. The first-order chi connectivity index (χ1) is 7.74. The van der Waals surface area contributed by atoms with Crippen molar-refractivity contribution in [1.29, 1.82) is 0 Å². The van der Waals surface area contributed by atoms with Crippen LogP contribution in [-0.2, 0) is 6.42 Å². The van der Waals surface area contributed by atoms with E-state index in [0.29, 0.717) is 30.5 Å². The number of nitrogen functional groups attached to an aromatic ring is 1. The van der Waals surface area contributed by atoms with Gasteiger partial charge < -0.3 is 15.6 Å². The van der Waals surface area contributed by atoms with Crippen LogP contribution in [0, 0.1) is 6.92 Å². The molecule has 0 aliphatic rings. The molecule has 0 amide bonds. The maximum atomic E-state index is 5.55. The molecule has 6 nitrogen and oxygen atoms in total. The number of aryl methyl sites for hydroxylation is 1. The standard InChI is InChI=1S/C10H13N5O/c1-7-14-10(16-15-7)3-5-12-8-2-4-13-9(11)6-8/h2,4,6H,3,5H2,1H3,(H3,11,12,13). The third-order valence-electron chi connectivity index (χ3n) is 2.02. The van der Waals surface area contributed by atoms with Crippen LogP contribution >= 0.6 is 0 Å². The average molecular weight is 219 g/mol. The third-order valence-corrected chi connectivity index (χ3v) is 2.02. The first-order valence-electron chi connectivity index (χ1n) is 4.98. The predicted octanol–water partition coefficient (Wildman–Crippen LogP) is 1.01. The Labute approximate surface area is 92.9 Å². The van der Waals surface area contributed by atoms with Gasteiger partial charge in [0, 0.05) is 30.9 Å². The average Bonchev–Trinajstić information content (AvgIpc) is 2.64. The van der Waals surface area contributed by atoms with E-state index < -0.39 is 0 Å². The number of aromatic nitrogens is 3. The molecule has 0 spiro atoms. The molecule has 0 aliphatic carbocycles. The smallest absolute Gasteiger partial charge is 0.228 e. The van der Waals surface area contributed by atoms with Gasteiger partial charge in [-0.2, -0.15) is 4.98 Å². The van der Waals surface area contributed by atoms with E-state index in [1.165, 1.54) is 0 Å². The zero-order valence-corrected chi connectivity index (χ0v) is 8.97. The minimum Gasteiger partial charge on any atom is -0.384 e. The second-order valence-electron chi connectivity index (χ2n) is 3.38. The van der Waals surface area contributed by atoms with Gasteiger partial charge in [0.15, 0.2) is 5.82 Å². The lowest BCUT2D eigenvalue weighted by molar-refractivity contribution is 0.377. The van der Waals surface area contributed by atoms with E-state index in [-0.39, 0.29) is 0 Å². The molecule has 0 radical (unpaired) electrons. The summed E-state index contributed by atoms with van der Waals surface area (Å²) in [7, 11) is 0. The quantitative estimate of drug-likeness (QED) is 0.797. The normalized spacial score (nSPS) is 10.3. The Morgan fingerprint density at radius 1 is 1.50 bits per heavy atom. The number of nitrogens with two attached hydrogens (primary N) is 1. The van der Waals surface area contributed by atoms with Crippen LogP contribution < -0.4 is 11.1 Å². The molecule has 2 aromatic heterocycles. The Kier molecular flexibility index (Phi) is 3.00. The molecule has 2 aromatic rings. The van der Waals surface area contributed by atoms with Crippen molar-refractivity contribution in [3.63, 3.8) is 0 Å². The van der Waals surface area contributed by atoms with E-state index in [9.17, 15) is 0 Å². The maximum Gasteiger partial charge on any atom is 0.228 e. The summed E-state index contributed by atoms with van der Waals surface area (Å²) >= 11 is 0. The fraction of sp³-hybridized carbons (Fsp3) is 0.300. The van der Waals surface area contributed by atoms with Crippen molar-refractivity contribution in [2.75, 3.05) is 17.6 Å². The summed E-state index contributed by atoms with van der Waals surface area (Å²) in [4.78, 5) is 8.01. The van der Waals surface area contributed by atoms with Crippen LogP contribution in [0.5, 0.6) is 0 Å². The Morgan fingerprint density at radius 3 is 3.06 bits per heavy atom. The molecule has 0 aromatic carbocycles. The fourth-order valence-electron chi connectivity index (χ4n) is 1.31. The van der Waals surface area contributed by atoms with Gasteiger partial charge >= 0.3 is 0 Å².